The van der Waals surface area contributed by atoms with Gasteiger partial charge in [-0.05, 0) is 65.8 Å². The number of aliphatic hydroxyl groups is 1. The molecule has 3 N–H and O–H groups in total. The van der Waals surface area contributed by atoms with E-state index in [1.807, 2.05) is 55.5 Å². The maximum Gasteiger partial charge on any atom is 0.307 e. The minimum absolute atomic E-state index is 0.00638. The van der Waals surface area contributed by atoms with Crippen LogP contribution in [0.3, 0.4) is 0 Å². The Bertz CT molecular complexity index is 1360. The van der Waals surface area contributed by atoms with E-state index in [4.69, 9.17) is 9.84 Å². The van der Waals surface area contributed by atoms with Crippen molar-refractivity contribution in [1.29, 1.82) is 0 Å². The van der Waals surface area contributed by atoms with Crippen molar-refractivity contribution in [3.8, 4) is 11.1 Å². The largest absolute Gasteiger partial charge is 0.481 e. The van der Waals surface area contributed by atoms with Crippen LogP contribution in [0.1, 0.15) is 43.6 Å². The van der Waals surface area contributed by atoms with Crippen LogP contribution in [0.5, 0.6) is 0 Å². The predicted molar refractivity (Wildman–Crippen MR) is 153 cm³/mol. The number of fused-ring (bicyclic) bond motifs is 1. The van der Waals surface area contributed by atoms with Crippen LogP contribution in [0.4, 0.5) is 0 Å². The molecule has 0 amide bonds. The summed E-state index contributed by atoms with van der Waals surface area (Å²) in [5.41, 5.74) is 4.90. The van der Waals surface area contributed by atoms with Gasteiger partial charge in [-0.3, -0.25) is 4.79 Å². The third-order valence-corrected chi connectivity index (χ3v) is 6.83. The topological polar surface area (TPSA) is 78.8 Å². The van der Waals surface area contributed by atoms with Gasteiger partial charge < -0.3 is 20.3 Å². The highest BCUT2D eigenvalue weighted by molar-refractivity contribution is 5.83. The number of nitrogens with one attached hydrogen (secondary N) is 1. The molecule has 0 aliphatic rings. The van der Waals surface area contributed by atoms with Gasteiger partial charge in [-0.15, -0.1) is 0 Å². The standard InChI is InChI=1S/C33H37NO4/c1-23(30-10-6-7-11-31(30)27-16-12-24(13-17-27)19-32(36)37)38-22-29(35)21-34-33(2,3)20-25-14-15-26-8-4-5-9-28(26)18-25/h4-18,23,29,34-35H,19-22H2,1-3H3,(H,36,37)/t23?,29-/m1/s1. The number of carboxylic acid groups (broad SMARTS) is 1. The third kappa shape index (κ3) is 7.51. The Morgan fingerprint density at radius 1 is 0.895 bits per heavy atom. The molecular weight excluding hydrogens is 474 g/mol. The molecule has 0 aliphatic heterocycles. The first-order valence-electron chi connectivity index (χ1n) is 13.1. The summed E-state index contributed by atoms with van der Waals surface area (Å²) in [5.74, 6) is -0.842. The number of hydrogen-bond acceptors (Lipinski definition) is 4. The highest BCUT2D eigenvalue weighted by Crippen LogP contribution is 2.30. The normalized spacial score (nSPS) is 13.4. The minimum Gasteiger partial charge on any atom is -0.481 e. The van der Waals surface area contributed by atoms with Crippen LogP contribution in [0.25, 0.3) is 21.9 Å². The average Bonchev–Trinajstić information content (AvgIpc) is 2.90. The molecule has 0 radical (unpaired) electrons. The molecule has 1 unspecified atom stereocenters. The lowest BCUT2D eigenvalue weighted by atomic mass is 9.93. The second-order valence-electron chi connectivity index (χ2n) is 10.6. The van der Waals surface area contributed by atoms with Crippen molar-refractivity contribution >= 4 is 16.7 Å². The lowest BCUT2D eigenvalue weighted by Crippen LogP contribution is -2.46. The van der Waals surface area contributed by atoms with Crippen LogP contribution < -0.4 is 5.32 Å². The second kappa shape index (κ2) is 12.4. The van der Waals surface area contributed by atoms with E-state index in [1.54, 1.807) is 0 Å². The van der Waals surface area contributed by atoms with Gasteiger partial charge in [-0.25, -0.2) is 0 Å². The number of hydrogen-bond donors (Lipinski definition) is 3. The number of carbonyl (C=O) groups is 1. The fourth-order valence-electron chi connectivity index (χ4n) is 4.81. The van der Waals surface area contributed by atoms with Crippen molar-refractivity contribution in [1.82, 2.24) is 5.32 Å². The van der Waals surface area contributed by atoms with Gasteiger partial charge in [0.25, 0.3) is 0 Å². The smallest absolute Gasteiger partial charge is 0.307 e. The van der Waals surface area contributed by atoms with E-state index < -0.39 is 12.1 Å². The first-order chi connectivity index (χ1) is 18.2. The van der Waals surface area contributed by atoms with Crippen molar-refractivity contribution in [3.05, 3.63) is 108 Å². The molecule has 0 fully saturated rings. The van der Waals surface area contributed by atoms with Gasteiger partial charge in [0.05, 0.1) is 25.2 Å². The van der Waals surface area contributed by atoms with E-state index in [-0.39, 0.29) is 24.7 Å². The molecule has 4 rings (SSSR count). The van der Waals surface area contributed by atoms with Crippen molar-refractivity contribution in [2.45, 2.75) is 51.4 Å². The summed E-state index contributed by atoms with van der Waals surface area (Å²) in [6.45, 7) is 6.93. The first-order valence-corrected chi connectivity index (χ1v) is 13.1. The summed E-state index contributed by atoms with van der Waals surface area (Å²) in [7, 11) is 0. The fourth-order valence-corrected chi connectivity index (χ4v) is 4.81. The van der Waals surface area contributed by atoms with Gasteiger partial charge >= 0.3 is 5.97 Å². The van der Waals surface area contributed by atoms with Crippen LogP contribution in [-0.4, -0.2) is 41.0 Å². The lowest BCUT2D eigenvalue weighted by Gasteiger charge is -2.28. The summed E-state index contributed by atoms with van der Waals surface area (Å²) in [6.07, 6.45) is -0.00619. The van der Waals surface area contributed by atoms with Crippen LogP contribution in [0, 0.1) is 0 Å². The Labute approximate surface area is 225 Å². The van der Waals surface area contributed by atoms with Crippen molar-refractivity contribution in [3.63, 3.8) is 0 Å². The number of β-amino-alcohol motifs (C(OH)–C–C–N with tert-alkyl or cyclic N) is 1. The van der Waals surface area contributed by atoms with Crippen molar-refractivity contribution in [2.75, 3.05) is 13.2 Å². The molecule has 2 atom stereocenters. The Morgan fingerprint density at radius 2 is 1.55 bits per heavy atom. The molecular formula is C33H37NO4. The number of carboxylic acids is 1. The van der Waals surface area contributed by atoms with Crippen LogP contribution in [0.15, 0.2) is 91.0 Å². The summed E-state index contributed by atoms with van der Waals surface area (Å²) < 4.78 is 6.09. The number of aliphatic hydroxyl groups excluding tert-OH is 1. The predicted octanol–water partition coefficient (Wildman–Crippen LogP) is 6.18. The first kappa shape index (κ1) is 27.5. The van der Waals surface area contributed by atoms with E-state index in [0.717, 1.165) is 28.7 Å². The lowest BCUT2D eigenvalue weighted by molar-refractivity contribution is -0.136. The zero-order valence-corrected chi connectivity index (χ0v) is 22.4. The van der Waals surface area contributed by atoms with Gasteiger partial charge in [0.1, 0.15) is 0 Å². The Kier molecular flexibility index (Phi) is 8.95. The van der Waals surface area contributed by atoms with Crippen LogP contribution in [0.2, 0.25) is 0 Å². The molecule has 4 aromatic rings. The zero-order chi connectivity index (χ0) is 27.1. The molecule has 0 spiro atoms. The summed E-state index contributed by atoms with van der Waals surface area (Å²) in [4.78, 5) is 11.0. The second-order valence-corrected chi connectivity index (χ2v) is 10.6. The molecule has 0 saturated heterocycles. The van der Waals surface area contributed by atoms with Gasteiger partial charge in [0.2, 0.25) is 0 Å². The van der Waals surface area contributed by atoms with Crippen molar-refractivity contribution in [2.24, 2.45) is 0 Å². The van der Waals surface area contributed by atoms with Crippen LogP contribution in [-0.2, 0) is 22.4 Å². The van der Waals surface area contributed by atoms with Crippen LogP contribution >= 0.6 is 0 Å². The molecule has 5 nitrogen and oxygen atoms in total. The number of rotatable bonds is 12. The molecule has 198 valence electrons. The van der Waals surface area contributed by atoms with Crippen molar-refractivity contribution < 1.29 is 19.7 Å². The highest BCUT2D eigenvalue weighted by Gasteiger charge is 2.20. The third-order valence-electron chi connectivity index (χ3n) is 6.83. The van der Waals surface area contributed by atoms with Gasteiger partial charge in [0.15, 0.2) is 0 Å². The minimum atomic E-state index is -0.842. The van der Waals surface area contributed by atoms with Gasteiger partial charge in [0, 0.05) is 12.1 Å². The molecule has 38 heavy (non-hydrogen) atoms. The molecule has 0 saturated carbocycles. The highest BCUT2D eigenvalue weighted by atomic mass is 16.5. The summed E-state index contributed by atoms with van der Waals surface area (Å²) >= 11 is 0. The van der Waals surface area contributed by atoms with E-state index >= 15 is 0 Å². The molecule has 4 aromatic carbocycles. The van der Waals surface area contributed by atoms with E-state index in [2.05, 4.69) is 61.6 Å². The Hall–Kier alpha value is -3.51. The number of ether oxygens (including phenoxy) is 1. The Balaban J connectivity index is 1.31. The molecule has 0 aromatic heterocycles. The molecule has 0 bridgehead atoms. The van der Waals surface area contributed by atoms with Gasteiger partial charge in [-0.2, -0.15) is 0 Å². The van der Waals surface area contributed by atoms with Gasteiger partial charge in [-0.1, -0.05) is 91.0 Å². The van der Waals surface area contributed by atoms with E-state index in [0.29, 0.717) is 6.54 Å². The molecule has 5 heteroatoms. The number of benzene rings is 4. The zero-order valence-electron chi connectivity index (χ0n) is 22.4. The molecule has 0 heterocycles. The molecule has 0 aliphatic carbocycles. The maximum absolute atomic E-state index is 11.0. The Morgan fingerprint density at radius 3 is 2.29 bits per heavy atom. The summed E-state index contributed by atoms with van der Waals surface area (Å²) in [5, 5.41) is 25.7. The number of aliphatic carboxylic acids is 1. The average molecular weight is 512 g/mol. The fraction of sp³-hybridized carbons (Fsp3) is 0.303. The SMILES string of the molecule is CC(OC[C@H](O)CNC(C)(C)Cc1ccc2ccccc2c1)c1ccccc1-c1ccc(CC(=O)O)cc1. The maximum atomic E-state index is 11.0. The van der Waals surface area contributed by atoms with E-state index in [1.165, 1.54) is 16.3 Å². The quantitative estimate of drug-likeness (QED) is 0.212. The van der Waals surface area contributed by atoms with E-state index in [9.17, 15) is 9.90 Å². The summed E-state index contributed by atoms with van der Waals surface area (Å²) in [6, 6.07) is 30.5. The monoisotopic (exact) mass is 511 g/mol.